The van der Waals surface area contributed by atoms with Gasteiger partial charge in [-0.05, 0) is 40.5 Å². The number of aromatic carboxylic acids is 1. The van der Waals surface area contributed by atoms with Crippen LogP contribution in [0.2, 0.25) is 0 Å². The topological polar surface area (TPSA) is 109 Å². The Morgan fingerprint density at radius 1 is 1.17 bits per heavy atom. The van der Waals surface area contributed by atoms with Crippen LogP contribution in [0.15, 0.2) is 18.6 Å². The Hall–Kier alpha value is -2.97. The molecule has 3 rings (SSSR count). The summed E-state index contributed by atoms with van der Waals surface area (Å²) in [5.74, 6) is -0.457. The zero-order valence-corrected chi connectivity index (χ0v) is 17.3. The molecular formula is C20H27N5O4. The normalized spacial score (nSPS) is 15.4. The van der Waals surface area contributed by atoms with Crippen LogP contribution in [0.3, 0.4) is 0 Å². The van der Waals surface area contributed by atoms with Crippen molar-refractivity contribution in [3.05, 3.63) is 24.2 Å². The van der Waals surface area contributed by atoms with Crippen LogP contribution in [0.4, 0.5) is 10.6 Å². The minimum atomic E-state index is -1.08. The largest absolute Gasteiger partial charge is 0.478 e. The summed E-state index contributed by atoms with van der Waals surface area (Å²) in [6.07, 6.45) is 5.57. The third-order valence-corrected chi connectivity index (χ3v) is 4.88. The second-order valence-electron chi connectivity index (χ2n) is 8.04. The van der Waals surface area contributed by atoms with Gasteiger partial charge < -0.3 is 19.6 Å². The Morgan fingerprint density at radius 2 is 1.79 bits per heavy atom. The Balaban J connectivity index is 1.77. The summed E-state index contributed by atoms with van der Waals surface area (Å²) in [5, 5.41) is 9.37. The molecule has 1 aliphatic rings. The number of hydrogen-bond acceptors (Lipinski definition) is 7. The molecule has 9 nitrogen and oxygen atoms in total. The highest BCUT2D eigenvalue weighted by atomic mass is 16.6. The molecule has 29 heavy (non-hydrogen) atoms. The molecule has 0 bridgehead atoms. The summed E-state index contributed by atoms with van der Waals surface area (Å²) in [6.45, 7) is 9.47. The Kier molecular flexibility index (Phi) is 5.86. The number of nitrogens with zero attached hydrogens (tertiary/aromatic N) is 5. The van der Waals surface area contributed by atoms with Crippen molar-refractivity contribution in [3.8, 4) is 0 Å². The molecule has 9 heteroatoms. The van der Waals surface area contributed by atoms with E-state index >= 15 is 0 Å². The number of anilines is 1. The number of pyridine rings is 1. The molecule has 0 unspecified atom stereocenters. The molecule has 2 aromatic rings. The van der Waals surface area contributed by atoms with Crippen molar-refractivity contribution in [1.82, 2.24) is 19.9 Å². The third-order valence-electron chi connectivity index (χ3n) is 4.88. The number of aromatic nitrogens is 3. The van der Waals surface area contributed by atoms with Crippen LogP contribution in [-0.4, -0.2) is 68.3 Å². The standard InChI is InChI=1S/C20H27N5O4/c1-5-25(19(28)29-20(2,3)4)13-6-10-24(11-7-13)17-16-15(21-8-9-22-16)14(12-23-17)18(26)27/h8-9,12-13H,5-7,10-11H2,1-4H3,(H,26,27). The predicted molar refractivity (Wildman–Crippen MR) is 108 cm³/mol. The molecule has 0 saturated carbocycles. The van der Waals surface area contributed by atoms with Crippen molar-refractivity contribution in [1.29, 1.82) is 0 Å². The van der Waals surface area contributed by atoms with Crippen molar-refractivity contribution in [2.45, 2.75) is 52.2 Å². The summed E-state index contributed by atoms with van der Waals surface area (Å²) in [6, 6.07) is 0.0849. The minimum Gasteiger partial charge on any atom is -0.478 e. The Morgan fingerprint density at radius 3 is 2.34 bits per heavy atom. The minimum absolute atomic E-state index is 0.0359. The number of piperidine rings is 1. The molecule has 0 spiro atoms. The molecule has 3 heterocycles. The smallest absolute Gasteiger partial charge is 0.410 e. The molecule has 0 radical (unpaired) electrons. The van der Waals surface area contributed by atoms with Gasteiger partial charge in [0.25, 0.3) is 0 Å². The van der Waals surface area contributed by atoms with Crippen LogP contribution in [-0.2, 0) is 4.74 Å². The van der Waals surface area contributed by atoms with Gasteiger partial charge in [-0.1, -0.05) is 0 Å². The van der Waals surface area contributed by atoms with E-state index in [1.165, 1.54) is 18.6 Å². The highest BCUT2D eigenvalue weighted by Crippen LogP contribution is 2.28. The van der Waals surface area contributed by atoms with Crippen LogP contribution in [0.5, 0.6) is 0 Å². The maximum atomic E-state index is 12.5. The highest BCUT2D eigenvalue weighted by molar-refractivity contribution is 6.03. The number of carbonyl (C=O) groups is 2. The van der Waals surface area contributed by atoms with Crippen molar-refractivity contribution in [3.63, 3.8) is 0 Å². The van der Waals surface area contributed by atoms with Crippen molar-refractivity contribution >= 4 is 28.9 Å². The second kappa shape index (κ2) is 8.18. The average Bonchev–Trinajstić information content (AvgIpc) is 2.67. The highest BCUT2D eigenvalue weighted by Gasteiger charge is 2.31. The number of carboxylic acids is 1. The second-order valence-corrected chi connectivity index (χ2v) is 8.04. The van der Waals surface area contributed by atoms with Gasteiger partial charge >= 0.3 is 12.1 Å². The first-order valence-electron chi connectivity index (χ1n) is 9.79. The number of carboxylic acid groups (broad SMARTS) is 1. The van der Waals surface area contributed by atoms with E-state index in [0.29, 0.717) is 36.5 Å². The molecule has 0 atom stereocenters. The maximum absolute atomic E-state index is 12.5. The fraction of sp³-hybridized carbons (Fsp3) is 0.550. The molecule has 1 amide bonds. The van der Waals surface area contributed by atoms with Crippen molar-refractivity contribution in [2.24, 2.45) is 0 Å². The van der Waals surface area contributed by atoms with Crippen LogP contribution >= 0.6 is 0 Å². The van der Waals surface area contributed by atoms with Gasteiger partial charge in [0.1, 0.15) is 22.2 Å². The lowest BCUT2D eigenvalue weighted by Gasteiger charge is -2.39. The number of hydrogen-bond donors (Lipinski definition) is 1. The van der Waals surface area contributed by atoms with Gasteiger partial charge in [0.05, 0.1) is 0 Å². The van der Waals surface area contributed by atoms with Crippen molar-refractivity contribution in [2.75, 3.05) is 24.5 Å². The average molecular weight is 401 g/mol. The van der Waals surface area contributed by atoms with Crippen LogP contribution in [0.1, 0.15) is 50.9 Å². The quantitative estimate of drug-likeness (QED) is 0.833. The first-order chi connectivity index (χ1) is 13.7. The number of carbonyl (C=O) groups excluding carboxylic acids is 1. The summed E-state index contributed by atoms with van der Waals surface area (Å²) >= 11 is 0. The van der Waals surface area contributed by atoms with E-state index in [1.807, 2.05) is 27.7 Å². The molecule has 0 aromatic carbocycles. The van der Waals surface area contributed by atoms with E-state index in [-0.39, 0.29) is 17.7 Å². The van der Waals surface area contributed by atoms with Crippen LogP contribution in [0, 0.1) is 0 Å². The van der Waals surface area contributed by atoms with Gasteiger partial charge in [0.15, 0.2) is 5.82 Å². The monoisotopic (exact) mass is 401 g/mol. The SMILES string of the molecule is CCN(C(=O)OC(C)(C)C)C1CCN(c2ncc(C(=O)O)c3nccnc23)CC1. The Labute approximate surface area is 169 Å². The predicted octanol–water partition coefficient (Wildman–Crippen LogP) is 2.95. The van der Waals surface area contributed by atoms with Gasteiger partial charge in [-0.25, -0.2) is 19.6 Å². The summed E-state index contributed by atoms with van der Waals surface area (Å²) in [7, 11) is 0. The van der Waals surface area contributed by atoms with Gasteiger partial charge in [0, 0.05) is 44.3 Å². The molecule has 1 N–H and O–H groups in total. The van der Waals surface area contributed by atoms with Gasteiger partial charge in [-0.3, -0.25) is 4.98 Å². The lowest BCUT2D eigenvalue weighted by atomic mass is 10.0. The molecular weight excluding hydrogens is 374 g/mol. The van der Waals surface area contributed by atoms with E-state index in [1.54, 1.807) is 4.90 Å². The van der Waals surface area contributed by atoms with Crippen LogP contribution < -0.4 is 4.90 Å². The van der Waals surface area contributed by atoms with E-state index in [2.05, 4.69) is 19.9 Å². The third kappa shape index (κ3) is 4.55. The zero-order chi connectivity index (χ0) is 21.2. The maximum Gasteiger partial charge on any atom is 0.410 e. The number of rotatable bonds is 4. The molecule has 1 fully saturated rings. The number of amides is 1. The lowest BCUT2D eigenvalue weighted by Crippen LogP contribution is -2.49. The fourth-order valence-corrected chi connectivity index (χ4v) is 3.58. The zero-order valence-electron chi connectivity index (χ0n) is 17.3. The molecule has 1 aliphatic heterocycles. The number of ether oxygens (including phenoxy) is 1. The molecule has 1 saturated heterocycles. The van der Waals surface area contributed by atoms with E-state index in [9.17, 15) is 14.7 Å². The first-order valence-corrected chi connectivity index (χ1v) is 9.79. The fourth-order valence-electron chi connectivity index (χ4n) is 3.58. The summed E-state index contributed by atoms with van der Waals surface area (Å²) in [5.41, 5.74) is 0.314. The van der Waals surface area contributed by atoms with Gasteiger partial charge in [-0.2, -0.15) is 0 Å². The summed E-state index contributed by atoms with van der Waals surface area (Å²) in [4.78, 5) is 40.7. The van der Waals surface area contributed by atoms with Crippen LogP contribution in [0.25, 0.3) is 11.0 Å². The lowest BCUT2D eigenvalue weighted by molar-refractivity contribution is 0.0149. The first kappa shape index (κ1) is 20.8. The van der Waals surface area contributed by atoms with E-state index < -0.39 is 11.6 Å². The van der Waals surface area contributed by atoms with Crippen molar-refractivity contribution < 1.29 is 19.4 Å². The molecule has 2 aromatic heterocycles. The Bertz CT molecular complexity index is 903. The molecule has 156 valence electrons. The summed E-state index contributed by atoms with van der Waals surface area (Å²) < 4.78 is 5.54. The van der Waals surface area contributed by atoms with E-state index in [4.69, 9.17) is 4.74 Å². The van der Waals surface area contributed by atoms with Gasteiger partial charge in [-0.15, -0.1) is 0 Å². The van der Waals surface area contributed by atoms with E-state index in [0.717, 1.165) is 12.8 Å². The number of fused-ring (bicyclic) bond motifs is 1. The van der Waals surface area contributed by atoms with Gasteiger partial charge in [0.2, 0.25) is 0 Å². The molecule has 0 aliphatic carbocycles.